The molecule has 0 saturated carbocycles. The molecule has 3 heterocycles. The third kappa shape index (κ3) is 3.99. The fraction of sp³-hybridized carbons (Fsp3) is 0.231. The lowest BCUT2D eigenvalue weighted by molar-refractivity contribution is 0.0964. The largest absolute Gasteiger partial charge is 0.486 e. The Balaban J connectivity index is 1.29. The molecule has 1 atom stereocenters. The zero-order valence-electron chi connectivity index (χ0n) is 18.6. The maximum Gasteiger partial charge on any atom is 0.262 e. The molecule has 0 fully saturated rings. The SMILES string of the molecule is O=C1CC(c2ccc(F)cc2)Cc2c1cnc1nc(NCc3ccc4c(c3)OCCO4)[nH]c(=O)c21. The molecule has 1 aliphatic carbocycles. The molecule has 0 saturated heterocycles. The number of H-pyrrole nitrogens is 1. The fourth-order valence-corrected chi connectivity index (χ4v) is 4.71. The average Bonchev–Trinajstić information content (AvgIpc) is 2.87. The Morgan fingerprint density at radius 2 is 1.83 bits per heavy atom. The highest BCUT2D eigenvalue weighted by Crippen LogP contribution is 2.35. The summed E-state index contributed by atoms with van der Waals surface area (Å²) in [6.07, 6.45) is 2.25. The first-order valence-corrected chi connectivity index (χ1v) is 11.4. The molecule has 0 bridgehead atoms. The molecule has 2 N–H and O–H groups in total. The van der Waals surface area contributed by atoms with Gasteiger partial charge in [0.1, 0.15) is 19.0 Å². The van der Waals surface area contributed by atoms with Crippen LogP contribution >= 0.6 is 0 Å². The number of rotatable bonds is 4. The molecule has 1 aliphatic heterocycles. The predicted octanol–water partition coefficient (Wildman–Crippen LogP) is 3.75. The quantitative estimate of drug-likeness (QED) is 0.466. The lowest BCUT2D eigenvalue weighted by Gasteiger charge is -2.24. The molecular formula is C26H21FN4O4. The number of pyridine rings is 1. The van der Waals surface area contributed by atoms with Gasteiger partial charge in [0.05, 0.1) is 5.39 Å². The number of carbonyl (C=O) groups excluding carboxylic acids is 1. The van der Waals surface area contributed by atoms with Crippen LogP contribution < -0.4 is 20.3 Å². The first-order valence-electron chi connectivity index (χ1n) is 11.4. The van der Waals surface area contributed by atoms with Crippen LogP contribution in [0.3, 0.4) is 0 Å². The van der Waals surface area contributed by atoms with Gasteiger partial charge in [-0.1, -0.05) is 18.2 Å². The number of aromatic nitrogens is 3. The van der Waals surface area contributed by atoms with Gasteiger partial charge < -0.3 is 14.8 Å². The predicted molar refractivity (Wildman–Crippen MR) is 127 cm³/mol. The second-order valence-corrected chi connectivity index (χ2v) is 8.68. The van der Waals surface area contributed by atoms with Crippen molar-refractivity contribution in [3.05, 3.63) is 87.1 Å². The van der Waals surface area contributed by atoms with E-state index in [9.17, 15) is 14.0 Å². The Hall–Kier alpha value is -4.27. The smallest absolute Gasteiger partial charge is 0.262 e. The van der Waals surface area contributed by atoms with Gasteiger partial charge in [-0.2, -0.15) is 4.98 Å². The van der Waals surface area contributed by atoms with E-state index in [1.165, 1.54) is 18.3 Å². The number of hydrogen-bond acceptors (Lipinski definition) is 7. The summed E-state index contributed by atoms with van der Waals surface area (Å²) in [7, 11) is 0. The minimum atomic E-state index is -0.364. The van der Waals surface area contributed by atoms with Crippen LogP contribution in [0.15, 0.2) is 53.5 Å². The van der Waals surface area contributed by atoms with Crippen molar-refractivity contribution < 1.29 is 18.7 Å². The number of nitrogens with one attached hydrogen (secondary N) is 2. The van der Waals surface area contributed by atoms with Crippen molar-refractivity contribution in [3.8, 4) is 11.5 Å². The summed E-state index contributed by atoms with van der Waals surface area (Å²) in [5.41, 5.74) is 2.77. The van der Waals surface area contributed by atoms with E-state index in [4.69, 9.17) is 9.47 Å². The van der Waals surface area contributed by atoms with Crippen molar-refractivity contribution in [1.82, 2.24) is 15.0 Å². The average molecular weight is 472 g/mol. The van der Waals surface area contributed by atoms with Crippen molar-refractivity contribution in [2.45, 2.75) is 25.3 Å². The highest BCUT2D eigenvalue weighted by atomic mass is 19.1. The number of nitrogens with zero attached hydrogens (tertiary/aromatic N) is 2. The molecule has 9 heteroatoms. The zero-order chi connectivity index (χ0) is 23.9. The lowest BCUT2D eigenvalue weighted by Crippen LogP contribution is -2.23. The van der Waals surface area contributed by atoms with E-state index in [0.717, 1.165) is 11.1 Å². The fourth-order valence-electron chi connectivity index (χ4n) is 4.71. The molecule has 0 spiro atoms. The summed E-state index contributed by atoms with van der Waals surface area (Å²) in [6, 6.07) is 11.8. The van der Waals surface area contributed by atoms with Crippen LogP contribution in [0.4, 0.5) is 10.3 Å². The number of ketones is 1. The Morgan fingerprint density at radius 1 is 1.03 bits per heavy atom. The molecule has 2 aromatic carbocycles. The topological polar surface area (TPSA) is 106 Å². The summed E-state index contributed by atoms with van der Waals surface area (Å²) in [4.78, 5) is 37.5. The number of carbonyl (C=O) groups is 1. The highest BCUT2D eigenvalue weighted by Gasteiger charge is 2.29. The first kappa shape index (κ1) is 21.3. The standard InChI is InChI=1S/C26H21FN4O4/c27-17-4-2-15(3-5-17)16-10-18-19(20(32)11-16)13-28-24-23(18)25(33)31-26(30-24)29-12-14-1-6-21-22(9-14)35-8-7-34-21/h1-6,9,13,16H,7-8,10-12H2,(H2,28,29,30,31,33). The minimum Gasteiger partial charge on any atom is -0.486 e. The third-order valence-corrected chi connectivity index (χ3v) is 6.43. The van der Waals surface area contributed by atoms with Gasteiger partial charge in [-0.3, -0.25) is 14.6 Å². The molecule has 35 heavy (non-hydrogen) atoms. The molecule has 2 aliphatic rings. The van der Waals surface area contributed by atoms with E-state index in [1.54, 1.807) is 12.1 Å². The first-order chi connectivity index (χ1) is 17.0. The monoisotopic (exact) mass is 472 g/mol. The third-order valence-electron chi connectivity index (χ3n) is 6.43. The van der Waals surface area contributed by atoms with Crippen molar-refractivity contribution in [2.24, 2.45) is 0 Å². The Kier molecular flexibility index (Phi) is 5.17. The summed E-state index contributed by atoms with van der Waals surface area (Å²) < 4.78 is 24.5. The number of fused-ring (bicyclic) bond motifs is 4. The van der Waals surface area contributed by atoms with Gasteiger partial charge in [-0.15, -0.1) is 0 Å². The van der Waals surface area contributed by atoms with Gasteiger partial charge in [0.25, 0.3) is 5.56 Å². The second-order valence-electron chi connectivity index (χ2n) is 8.68. The van der Waals surface area contributed by atoms with Gasteiger partial charge in [0, 0.05) is 24.7 Å². The second kappa shape index (κ2) is 8.50. The Morgan fingerprint density at radius 3 is 2.66 bits per heavy atom. The number of benzene rings is 2. The van der Waals surface area contributed by atoms with Crippen LogP contribution in [0.1, 0.15) is 39.4 Å². The number of halogens is 1. The van der Waals surface area contributed by atoms with Gasteiger partial charge in [0.2, 0.25) is 5.95 Å². The van der Waals surface area contributed by atoms with Gasteiger partial charge >= 0.3 is 0 Å². The van der Waals surface area contributed by atoms with Gasteiger partial charge in [-0.25, -0.2) is 9.37 Å². The van der Waals surface area contributed by atoms with E-state index < -0.39 is 0 Å². The number of aromatic amines is 1. The number of anilines is 1. The summed E-state index contributed by atoms with van der Waals surface area (Å²) in [6.45, 7) is 1.44. The Bertz CT molecular complexity index is 1520. The molecule has 0 radical (unpaired) electrons. The van der Waals surface area contributed by atoms with Crippen LogP contribution in [0.25, 0.3) is 11.0 Å². The van der Waals surface area contributed by atoms with Gasteiger partial charge in [0.15, 0.2) is 22.9 Å². The number of ether oxygens (including phenoxy) is 2. The van der Waals surface area contributed by atoms with Crippen LogP contribution in [0.2, 0.25) is 0 Å². The Labute approximate surface area is 199 Å². The molecule has 0 amide bonds. The maximum atomic E-state index is 13.4. The number of Topliss-reactive ketones (excluding diaryl/α,β-unsaturated/α-hetero) is 1. The number of hydrogen-bond donors (Lipinski definition) is 2. The van der Waals surface area contributed by atoms with E-state index in [2.05, 4.69) is 20.3 Å². The molecule has 2 aromatic heterocycles. The van der Waals surface area contributed by atoms with Crippen molar-refractivity contribution in [1.29, 1.82) is 0 Å². The van der Waals surface area contributed by atoms with Crippen LogP contribution in [0.5, 0.6) is 11.5 Å². The minimum absolute atomic E-state index is 0.0878. The van der Waals surface area contributed by atoms with E-state index in [-0.39, 0.29) is 41.1 Å². The highest BCUT2D eigenvalue weighted by molar-refractivity contribution is 6.02. The molecular weight excluding hydrogens is 451 g/mol. The van der Waals surface area contributed by atoms with Gasteiger partial charge in [-0.05, 0) is 53.3 Å². The van der Waals surface area contributed by atoms with E-state index in [0.29, 0.717) is 54.2 Å². The molecule has 4 aromatic rings. The molecule has 8 nitrogen and oxygen atoms in total. The molecule has 6 rings (SSSR count). The van der Waals surface area contributed by atoms with E-state index >= 15 is 0 Å². The zero-order valence-corrected chi connectivity index (χ0v) is 18.6. The van der Waals surface area contributed by atoms with Crippen molar-refractivity contribution in [2.75, 3.05) is 18.5 Å². The molecule has 1 unspecified atom stereocenters. The molecule has 176 valence electrons. The van der Waals surface area contributed by atoms with Crippen molar-refractivity contribution in [3.63, 3.8) is 0 Å². The van der Waals surface area contributed by atoms with Crippen LogP contribution in [-0.4, -0.2) is 33.9 Å². The van der Waals surface area contributed by atoms with E-state index in [1.807, 2.05) is 18.2 Å². The van der Waals surface area contributed by atoms with Crippen LogP contribution in [0, 0.1) is 5.82 Å². The summed E-state index contributed by atoms with van der Waals surface area (Å²) in [5.74, 6) is 1.11. The normalized spacial score (nSPS) is 16.7. The summed E-state index contributed by atoms with van der Waals surface area (Å²) >= 11 is 0. The summed E-state index contributed by atoms with van der Waals surface area (Å²) in [5, 5.41) is 3.44. The van der Waals surface area contributed by atoms with Crippen molar-refractivity contribution >= 4 is 22.8 Å². The maximum absolute atomic E-state index is 13.4. The van der Waals surface area contributed by atoms with Crippen LogP contribution in [-0.2, 0) is 13.0 Å². The lowest BCUT2D eigenvalue weighted by atomic mass is 9.79.